The molecule has 0 saturated carbocycles. The summed E-state index contributed by atoms with van der Waals surface area (Å²) >= 11 is 0. The van der Waals surface area contributed by atoms with Crippen molar-refractivity contribution in [3.05, 3.63) is 53.7 Å². The van der Waals surface area contributed by atoms with Crippen molar-refractivity contribution in [3.63, 3.8) is 0 Å². The van der Waals surface area contributed by atoms with E-state index in [0.717, 1.165) is 23.6 Å². The molecule has 1 aromatic heterocycles. The summed E-state index contributed by atoms with van der Waals surface area (Å²) in [6, 6.07) is 13.9. The van der Waals surface area contributed by atoms with E-state index in [4.69, 9.17) is 10.00 Å². The molecule has 0 saturated heterocycles. The summed E-state index contributed by atoms with van der Waals surface area (Å²) in [5, 5.41) is 12.1. The van der Waals surface area contributed by atoms with E-state index < -0.39 is 0 Å². The van der Waals surface area contributed by atoms with E-state index in [9.17, 15) is 0 Å². The van der Waals surface area contributed by atoms with Gasteiger partial charge < -0.3 is 10.1 Å². The Hall–Kier alpha value is -2.54. The number of aromatic nitrogens is 1. The zero-order valence-electron chi connectivity index (χ0n) is 10.3. The van der Waals surface area contributed by atoms with Gasteiger partial charge in [-0.05, 0) is 18.2 Å². The minimum Gasteiger partial charge on any atom is -0.493 e. The Balaban J connectivity index is 1.82. The summed E-state index contributed by atoms with van der Waals surface area (Å²) in [5.41, 5.74) is 1.72. The average Bonchev–Trinajstić information content (AvgIpc) is 2.48. The van der Waals surface area contributed by atoms with Gasteiger partial charge in [0.15, 0.2) is 0 Å². The fourth-order valence-electron chi connectivity index (χ4n) is 2.22. The van der Waals surface area contributed by atoms with Crippen LogP contribution < -0.4 is 10.1 Å². The van der Waals surface area contributed by atoms with Crippen LogP contribution >= 0.6 is 0 Å². The predicted octanol–water partition coefficient (Wildman–Crippen LogP) is 2.89. The molecular weight excluding hydrogens is 238 g/mol. The Morgan fingerprint density at radius 1 is 1.26 bits per heavy atom. The van der Waals surface area contributed by atoms with Gasteiger partial charge in [-0.15, -0.1) is 0 Å². The zero-order valence-corrected chi connectivity index (χ0v) is 10.3. The maximum Gasteiger partial charge on any atom is 0.126 e. The molecule has 2 aromatic rings. The molecular formula is C15H13N3O. The summed E-state index contributed by atoms with van der Waals surface area (Å²) in [4.78, 5) is 4.24. The molecule has 1 aromatic carbocycles. The van der Waals surface area contributed by atoms with Crippen LogP contribution in [0.15, 0.2) is 42.6 Å². The highest BCUT2D eigenvalue weighted by atomic mass is 16.5. The van der Waals surface area contributed by atoms with Crippen LogP contribution in [0.1, 0.15) is 23.6 Å². The number of hydrogen-bond donors (Lipinski definition) is 1. The lowest BCUT2D eigenvalue weighted by molar-refractivity contribution is 0.274. The lowest BCUT2D eigenvalue weighted by Gasteiger charge is -2.26. The maximum atomic E-state index is 8.75. The van der Waals surface area contributed by atoms with Crippen molar-refractivity contribution >= 4 is 5.82 Å². The number of benzene rings is 1. The third kappa shape index (κ3) is 2.36. The highest BCUT2D eigenvalue weighted by Crippen LogP contribution is 2.33. The van der Waals surface area contributed by atoms with Crippen LogP contribution in [0.2, 0.25) is 0 Å². The Morgan fingerprint density at radius 3 is 2.95 bits per heavy atom. The first-order valence-electron chi connectivity index (χ1n) is 6.21. The van der Waals surface area contributed by atoms with Crippen LogP contribution in [0.5, 0.6) is 5.75 Å². The third-order valence-electron chi connectivity index (χ3n) is 3.17. The molecule has 0 aliphatic carbocycles. The van der Waals surface area contributed by atoms with Crippen LogP contribution in [0.4, 0.5) is 5.82 Å². The summed E-state index contributed by atoms with van der Waals surface area (Å²) in [6.45, 7) is 0.699. The summed E-state index contributed by atoms with van der Waals surface area (Å²) in [7, 11) is 0. The molecule has 0 fully saturated rings. The van der Waals surface area contributed by atoms with E-state index in [1.807, 2.05) is 24.3 Å². The largest absolute Gasteiger partial charge is 0.493 e. The van der Waals surface area contributed by atoms with E-state index in [-0.39, 0.29) is 6.04 Å². The highest BCUT2D eigenvalue weighted by molar-refractivity contribution is 5.45. The van der Waals surface area contributed by atoms with Gasteiger partial charge in [0.25, 0.3) is 0 Å². The number of ether oxygens (including phenoxy) is 1. The van der Waals surface area contributed by atoms with Gasteiger partial charge in [-0.3, -0.25) is 0 Å². The molecule has 0 radical (unpaired) electrons. The van der Waals surface area contributed by atoms with Crippen molar-refractivity contribution in [2.24, 2.45) is 0 Å². The summed E-state index contributed by atoms with van der Waals surface area (Å²) in [5.74, 6) is 1.71. The topological polar surface area (TPSA) is 57.9 Å². The molecule has 0 bridgehead atoms. The van der Waals surface area contributed by atoms with Crippen LogP contribution in [0.25, 0.3) is 0 Å². The molecule has 3 rings (SSSR count). The molecule has 0 spiro atoms. The van der Waals surface area contributed by atoms with Crippen molar-refractivity contribution in [3.8, 4) is 11.8 Å². The molecule has 94 valence electrons. The maximum absolute atomic E-state index is 8.75. The molecule has 19 heavy (non-hydrogen) atoms. The van der Waals surface area contributed by atoms with Crippen molar-refractivity contribution < 1.29 is 4.74 Å². The Bertz CT molecular complexity index is 616. The minimum atomic E-state index is 0.199. The van der Waals surface area contributed by atoms with E-state index in [1.165, 1.54) is 0 Å². The lowest BCUT2D eigenvalue weighted by atomic mass is 10.0. The second-order valence-electron chi connectivity index (χ2n) is 4.42. The van der Waals surface area contributed by atoms with E-state index in [0.29, 0.717) is 12.2 Å². The van der Waals surface area contributed by atoms with Gasteiger partial charge >= 0.3 is 0 Å². The van der Waals surface area contributed by atoms with Crippen molar-refractivity contribution in [1.82, 2.24) is 4.98 Å². The van der Waals surface area contributed by atoms with Gasteiger partial charge in [-0.2, -0.15) is 5.26 Å². The molecule has 1 aliphatic heterocycles. The average molecular weight is 251 g/mol. The summed E-state index contributed by atoms with van der Waals surface area (Å²) in [6.07, 6.45) is 2.48. The number of fused-ring (bicyclic) bond motifs is 1. The first kappa shape index (κ1) is 11.5. The number of nitrogens with zero attached hydrogens (tertiary/aromatic N) is 2. The molecule has 1 aliphatic rings. The summed E-state index contributed by atoms with van der Waals surface area (Å²) < 4.78 is 5.62. The predicted molar refractivity (Wildman–Crippen MR) is 71.9 cm³/mol. The second kappa shape index (κ2) is 4.99. The van der Waals surface area contributed by atoms with Gasteiger partial charge in [0, 0.05) is 18.2 Å². The molecule has 1 N–H and O–H groups in total. The molecule has 2 heterocycles. The first-order chi connectivity index (χ1) is 9.36. The fourth-order valence-corrected chi connectivity index (χ4v) is 2.22. The fraction of sp³-hybridized carbons (Fsp3) is 0.200. The molecule has 1 atom stereocenters. The molecule has 1 unspecified atom stereocenters. The van der Waals surface area contributed by atoms with Crippen molar-refractivity contribution in [2.45, 2.75) is 12.5 Å². The van der Waals surface area contributed by atoms with E-state index >= 15 is 0 Å². The smallest absolute Gasteiger partial charge is 0.126 e. The highest BCUT2D eigenvalue weighted by Gasteiger charge is 2.20. The number of pyridine rings is 1. The molecule has 4 heteroatoms. The number of para-hydroxylation sites is 1. The van der Waals surface area contributed by atoms with Crippen LogP contribution in [0, 0.1) is 11.3 Å². The second-order valence-corrected chi connectivity index (χ2v) is 4.42. The van der Waals surface area contributed by atoms with E-state index in [1.54, 1.807) is 12.3 Å². The van der Waals surface area contributed by atoms with Crippen LogP contribution in [-0.4, -0.2) is 11.6 Å². The standard InChI is InChI=1S/C15H13N3O/c16-9-11-5-6-15(17-10-11)18-13-7-8-19-14-4-2-1-3-12(13)14/h1-6,10,13H,7-8H2,(H,17,18). The number of nitriles is 1. The Kier molecular flexibility index (Phi) is 3.03. The van der Waals surface area contributed by atoms with Gasteiger partial charge in [-0.1, -0.05) is 18.2 Å². The van der Waals surface area contributed by atoms with E-state index in [2.05, 4.69) is 22.4 Å². The van der Waals surface area contributed by atoms with Crippen molar-refractivity contribution in [2.75, 3.05) is 11.9 Å². The quantitative estimate of drug-likeness (QED) is 0.891. The Labute approximate surface area is 111 Å². The number of rotatable bonds is 2. The minimum absolute atomic E-state index is 0.199. The number of anilines is 1. The van der Waals surface area contributed by atoms with Gasteiger partial charge in [0.1, 0.15) is 17.6 Å². The van der Waals surface area contributed by atoms with Gasteiger partial charge in [-0.25, -0.2) is 4.98 Å². The zero-order chi connectivity index (χ0) is 13.1. The number of hydrogen-bond acceptors (Lipinski definition) is 4. The molecule has 4 nitrogen and oxygen atoms in total. The lowest BCUT2D eigenvalue weighted by Crippen LogP contribution is -2.20. The van der Waals surface area contributed by atoms with Gasteiger partial charge in [0.2, 0.25) is 0 Å². The van der Waals surface area contributed by atoms with Crippen LogP contribution in [0.3, 0.4) is 0 Å². The van der Waals surface area contributed by atoms with Crippen LogP contribution in [-0.2, 0) is 0 Å². The Morgan fingerprint density at radius 2 is 2.16 bits per heavy atom. The van der Waals surface area contributed by atoms with Gasteiger partial charge in [0.05, 0.1) is 18.2 Å². The third-order valence-corrected chi connectivity index (χ3v) is 3.17. The van der Waals surface area contributed by atoms with Crippen molar-refractivity contribution in [1.29, 1.82) is 5.26 Å². The SMILES string of the molecule is N#Cc1ccc(NC2CCOc3ccccc32)nc1. The normalized spacial score (nSPS) is 16.9. The first-order valence-corrected chi connectivity index (χ1v) is 6.21. The monoisotopic (exact) mass is 251 g/mol. The number of nitrogens with one attached hydrogen (secondary N) is 1. The molecule has 0 amide bonds.